The summed E-state index contributed by atoms with van der Waals surface area (Å²) in [5.74, 6) is 0. The van der Waals surface area contributed by atoms with Gasteiger partial charge in [0.05, 0.1) is 6.61 Å². The molecule has 14 heavy (non-hydrogen) atoms. The van der Waals surface area contributed by atoms with Crippen molar-refractivity contribution in [3.05, 3.63) is 0 Å². The fraction of sp³-hybridized carbons (Fsp3) is 0.778. The lowest BCUT2D eigenvalue weighted by molar-refractivity contribution is 0.154. The van der Waals surface area contributed by atoms with Gasteiger partial charge in [0.25, 0.3) is 0 Å². The van der Waals surface area contributed by atoms with Crippen molar-refractivity contribution < 1.29 is 9.53 Å². The van der Waals surface area contributed by atoms with Gasteiger partial charge in [-0.15, -0.1) is 0 Å². The minimum atomic E-state index is -0.373. The van der Waals surface area contributed by atoms with E-state index in [9.17, 15) is 4.79 Å². The average molecular weight is 220 g/mol. The Balaban J connectivity index is 0. The van der Waals surface area contributed by atoms with Crippen LogP contribution < -0.4 is 5.32 Å². The predicted molar refractivity (Wildman–Crippen MR) is 63.0 cm³/mol. The van der Waals surface area contributed by atoms with Crippen LogP contribution in [0.25, 0.3) is 0 Å². The molecule has 0 aromatic carbocycles. The van der Waals surface area contributed by atoms with Gasteiger partial charge in [0, 0.05) is 13.3 Å². The molecule has 4 nitrogen and oxygen atoms in total. The van der Waals surface area contributed by atoms with Crippen molar-refractivity contribution in [3.8, 4) is 0 Å². The maximum absolute atomic E-state index is 10.1. The number of hydrogen-bond acceptors (Lipinski definition) is 4. The summed E-state index contributed by atoms with van der Waals surface area (Å²) in [7, 11) is 1.53. The van der Waals surface area contributed by atoms with E-state index >= 15 is 0 Å². The van der Waals surface area contributed by atoms with Gasteiger partial charge in [0.15, 0.2) is 0 Å². The Hall–Kier alpha value is -0.710. The largest absolute Gasteiger partial charge is 0.450 e. The molecule has 0 aliphatic heterocycles. The highest BCUT2D eigenvalue weighted by Gasteiger charge is 2.03. The number of alkyl carbamates (subject to hydrolysis) is 1. The highest BCUT2D eigenvalue weighted by atomic mass is 32.1. The normalized spacial score (nSPS) is 10.4. The lowest BCUT2D eigenvalue weighted by Gasteiger charge is -2.07. The van der Waals surface area contributed by atoms with Crippen molar-refractivity contribution >= 4 is 25.1 Å². The second kappa shape index (κ2) is 8.87. The molecular formula is C9H20N2O2S. The van der Waals surface area contributed by atoms with Crippen LogP contribution in [0.15, 0.2) is 4.40 Å². The summed E-state index contributed by atoms with van der Waals surface area (Å²) in [6, 6.07) is 0. The molecule has 5 heteroatoms. The zero-order valence-corrected chi connectivity index (χ0v) is 10.4. The molecule has 0 atom stereocenters. The summed E-state index contributed by atoms with van der Waals surface area (Å²) >= 11 is 3.68. The third kappa shape index (κ3) is 17.4. The number of rotatable bonds is 1. The van der Waals surface area contributed by atoms with Gasteiger partial charge in [-0.05, 0) is 25.2 Å². The molecule has 0 saturated heterocycles. The van der Waals surface area contributed by atoms with Crippen LogP contribution >= 0.6 is 12.8 Å². The number of nitrogens with zero attached hydrogens (tertiary/aromatic N) is 1. The molecule has 0 fully saturated rings. The topological polar surface area (TPSA) is 50.7 Å². The molecule has 0 heterocycles. The molecule has 0 radical (unpaired) electrons. The van der Waals surface area contributed by atoms with Crippen molar-refractivity contribution in [2.75, 3.05) is 13.7 Å². The third-order valence-electron chi connectivity index (χ3n) is 0.925. The molecular weight excluding hydrogens is 200 g/mol. The molecule has 0 saturated carbocycles. The van der Waals surface area contributed by atoms with E-state index in [4.69, 9.17) is 0 Å². The van der Waals surface area contributed by atoms with Crippen molar-refractivity contribution in [2.45, 2.75) is 27.7 Å². The van der Waals surface area contributed by atoms with Crippen LogP contribution in [0.4, 0.5) is 4.79 Å². The minimum Gasteiger partial charge on any atom is -0.450 e. The average Bonchev–Trinajstić information content (AvgIpc) is 2.03. The Bertz CT molecular complexity index is 176. The zero-order chi connectivity index (χ0) is 11.6. The second-order valence-electron chi connectivity index (χ2n) is 3.58. The Morgan fingerprint density at radius 3 is 2.14 bits per heavy atom. The molecule has 1 N–H and O–H groups in total. The first-order valence-electron chi connectivity index (χ1n) is 4.40. The number of carbonyl (C=O) groups is 1. The fourth-order valence-corrected chi connectivity index (χ4v) is 0.723. The van der Waals surface area contributed by atoms with E-state index in [1.165, 1.54) is 7.05 Å². The SMILES string of the molecule is CC(C)(C)C=NS.CCOC(=O)NC. The van der Waals surface area contributed by atoms with Crippen molar-refractivity contribution in [3.63, 3.8) is 0 Å². The van der Waals surface area contributed by atoms with E-state index < -0.39 is 0 Å². The predicted octanol–water partition coefficient (Wildman–Crippen LogP) is 2.31. The summed E-state index contributed by atoms with van der Waals surface area (Å²) in [6.45, 7) is 8.42. The molecule has 1 amide bonds. The second-order valence-corrected chi connectivity index (χ2v) is 3.81. The number of amides is 1. The molecule has 0 unspecified atom stereocenters. The highest BCUT2D eigenvalue weighted by molar-refractivity contribution is 7.78. The fourth-order valence-electron chi connectivity index (χ4n) is 0.376. The van der Waals surface area contributed by atoms with Crippen LogP contribution in [0.5, 0.6) is 0 Å². The first-order chi connectivity index (χ1) is 6.37. The standard InChI is InChI=1S/C5H11NS.C4H9NO2/c1-5(2,3)4-6-7;1-3-7-4(6)5-2/h4,7H,1-3H3;3H2,1-2H3,(H,5,6). The first kappa shape index (κ1) is 15.7. The van der Waals surface area contributed by atoms with Crippen molar-refractivity contribution in [1.82, 2.24) is 5.32 Å². The summed E-state index contributed by atoms with van der Waals surface area (Å²) in [5, 5.41) is 2.30. The van der Waals surface area contributed by atoms with E-state index in [2.05, 4.69) is 48.0 Å². The van der Waals surface area contributed by atoms with Gasteiger partial charge in [-0.3, -0.25) is 0 Å². The third-order valence-corrected chi connectivity index (χ3v) is 1.04. The smallest absolute Gasteiger partial charge is 0.406 e. The van der Waals surface area contributed by atoms with Gasteiger partial charge in [-0.2, -0.15) is 0 Å². The first-order valence-corrected chi connectivity index (χ1v) is 4.80. The summed E-state index contributed by atoms with van der Waals surface area (Å²) in [5.41, 5.74) is 0.182. The van der Waals surface area contributed by atoms with Crippen LogP contribution in [0.1, 0.15) is 27.7 Å². The van der Waals surface area contributed by atoms with E-state index in [1.54, 1.807) is 13.1 Å². The maximum Gasteiger partial charge on any atom is 0.406 e. The summed E-state index contributed by atoms with van der Waals surface area (Å²) < 4.78 is 8.02. The molecule has 0 aromatic rings. The van der Waals surface area contributed by atoms with Gasteiger partial charge in [0.1, 0.15) is 0 Å². The van der Waals surface area contributed by atoms with Gasteiger partial charge >= 0.3 is 6.09 Å². The molecule has 0 bridgehead atoms. The molecule has 0 aliphatic carbocycles. The Kier molecular flexibility index (Phi) is 9.98. The van der Waals surface area contributed by atoms with Crippen LogP contribution in [0.2, 0.25) is 0 Å². The molecule has 0 spiro atoms. The van der Waals surface area contributed by atoms with E-state index in [1.807, 2.05) is 0 Å². The van der Waals surface area contributed by atoms with Crippen molar-refractivity contribution in [1.29, 1.82) is 0 Å². The minimum absolute atomic E-state index is 0.182. The van der Waals surface area contributed by atoms with Crippen LogP contribution in [-0.4, -0.2) is 26.0 Å². The van der Waals surface area contributed by atoms with Crippen LogP contribution in [0, 0.1) is 5.41 Å². The molecule has 0 aromatic heterocycles. The Labute approximate surface area is 91.7 Å². The van der Waals surface area contributed by atoms with Crippen LogP contribution in [-0.2, 0) is 4.74 Å². The maximum atomic E-state index is 10.1. The van der Waals surface area contributed by atoms with Crippen LogP contribution in [0.3, 0.4) is 0 Å². The Morgan fingerprint density at radius 1 is 1.57 bits per heavy atom. The quantitative estimate of drug-likeness (QED) is 0.526. The Morgan fingerprint density at radius 2 is 2.07 bits per heavy atom. The van der Waals surface area contributed by atoms with E-state index in [0.29, 0.717) is 6.61 Å². The number of nitrogens with one attached hydrogen (secondary N) is 1. The monoisotopic (exact) mass is 220 g/mol. The molecule has 0 aliphatic rings. The lowest BCUT2D eigenvalue weighted by atomic mass is 10.00. The highest BCUT2D eigenvalue weighted by Crippen LogP contribution is 2.08. The van der Waals surface area contributed by atoms with Gasteiger partial charge in [0.2, 0.25) is 0 Å². The molecule has 0 rings (SSSR count). The number of carbonyl (C=O) groups excluding carboxylic acids is 1. The van der Waals surface area contributed by atoms with E-state index in [0.717, 1.165) is 0 Å². The number of thiol groups is 1. The number of hydrogen-bond donors (Lipinski definition) is 2. The summed E-state index contributed by atoms with van der Waals surface area (Å²) in [6.07, 6.45) is 1.43. The van der Waals surface area contributed by atoms with Gasteiger partial charge < -0.3 is 10.1 Å². The van der Waals surface area contributed by atoms with Gasteiger partial charge in [-0.25, -0.2) is 9.19 Å². The molecule has 84 valence electrons. The zero-order valence-electron chi connectivity index (χ0n) is 9.50. The number of ether oxygens (including phenoxy) is 1. The van der Waals surface area contributed by atoms with Gasteiger partial charge in [-0.1, -0.05) is 20.8 Å². The van der Waals surface area contributed by atoms with E-state index in [-0.39, 0.29) is 11.5 Å². The lowest BCUT2D eigenvalue weighted by Crippen LogP contribution is -2.18. The summed E-state index contributed by atoms with van der Waals surface area (Å²) in [4.78, 5) is 10.1. The van der Waals surface area contributed by atoms with Crippen molar-refractivity contribution in [2.24, 2.45) is 9.81 Å².